The maximum Gasteiger partial charge on any atom is 0.159 e. The van der Waals surface area contributed by atoms with Gasteiger partial charge >= 0.3 is 0 Å². The topological polar surface area (TPSA) is 35.6 Å². The summed E-state index contributed by atoms with van der Waals surface area (Å²) in [4.78, 5) is 4.58. The van der Waals surface area contributed by atoms with Crippen molar-refractivity contribution >= 4 is 34.1 Å². The number of imidazole rings is 1. The van der Waals surface area contributed by atoms with Gasteiger partial charge in [0.25, 0.3) is 0 Å². The summed E-state index contributed by atoms with van der Waals surface area (Å²) in [6, 6.07) is 2.12. The maximum atomic E-state index is 5.99. The molecule has 0 atom stereocenters. The third-order valence-corrected chi connectivity index (χ3v) is 3.98. The molecule has 0 aliphatic carbocycles. The summed E-state index contributed by atoms with van der Waals surface area (Å²) in [5.74, 6) is 1.31. The molecule has 0 saturated heterocycles. The van der Waals surface area contributed by atoms with Crippen molar-refractivity contribution in [2.75, 3.05) is 0 Å². The predicted octanol–water partition coefficient (Wildman–Crippen LogP) is 2.93. The number of alkyl halides is 1. The highest BCUT2D eigenvalue weighted by atomic mass is 35.5. The smallest absolute Gasteiger partial charge is 0.159 e. The van der Waals surface area contributed by atoms with Crippen molar-refractivity contribution in [1.82, 2.24) is 19.3 Å². The van der Waals surface area contributed by atoms with Crippen molar-refractivity contribution in [1.29, 1.82) is 0 Å². The van der Waals surface area contributed by atoms with E-state index in [-0.39, 0.29) is 0 Å². The summed E-state index contributed by atoms with van der Waals surface area (Å²) < 4.78 is 4.02. The van der Waals surface area contributed by atoms with Crippen molar-refractivity contribution in [3.05, 3.63) is 33.9 Å². The van der Waals surface area contributed by atoms with E-state index >= 15 is 0 Å². The number of aromatic nitrogens is 4. The monoisotopic (exact) mass is 280 g/mol. The summed E-state index contributed by atoms with van der Waals surface area (Å²) in [6.07, 6.45) is 0. The zero-order valence-electron chi connectivity index (χ0n) is 10.2. The minimum absolute atomic E-state index is 0.415. The summed E-state index contributed by atoms with van der Waals surface area (Å²) in [7, 11) is 1.94. The number of halogens is 1. The van der Waals surface area contributed by atoms with Gasteiger partial charge in [0.05, 0.1) is 18.1 Å². The zero-order chi connectivity index (χ0) is 12.7. The van der Waals surface area contributed by atoms with Crippen LogP contribution >= 0.6 is 22.9 Å². The Labute approximate surface area is 114 Å². The van der Waals surface area contributed by atoms with Crippen molar-refractivity contribution in [3.8, 4) is 0 Å². The highest BCUT2D eigenvalue weighted by Gasteiger charge is 2.16. The average Bonchev–Trinajstić information content (AvgIpc) is 3.01. The molecule has 0 saturated carbocycles. The minimum atomic E-state index is 0.415. The first-order valence-corrected chi connectivity index (χ1v) is 7.14. The van der Waals surface area contributed by atoms with Gasteiger partial charge < -0.3 is 4.57 Å². The SMILES string of the molecule is Cc1nn(C)c2c1nc(CCl)n2Cc1ccsc1. The van der Waals surface area contributed by atoms with E-state index in [4.69, 9.17) is 11.6 Å². The molecule has 3 aromatic rings. The first-order chi connectivity index (χ1) is 8.70. The molecule has 18 heavy (non-hydrogen) atoms. The van der Waals surface area contributed by atoms with Crippen LogP contribution in [-0.2, 0) is 19.5 Å². The number of fused-ring (bicyclic) bond motifs is 1. The molecule has 3 aromatic heterocycles. The first-order valence-electron chi connectivity index (χ1n) is 5.66. The van der Waals surface area contributed by atoms with E-state index in [0.717, 1.165) is 29.2 Å². The van der Waals surface area contributed by atoms with Crippen LogP contribution in [-0.4, -0.2) is 19.3 Å². The predicted molar refractivity (Wildman–Crippen MR) is 74.2 cm³/mol. The Hall–Kier alpha value is -1.33. The number of thiophene rings is 1. The van der Waals surface area contributed by atoms with Gasteiger partial charge in [-0.15, -0.1) is 11.6 Å². The zero-order valence-corrected chi connectivity index (χ0v) is 11.8. The number of hydrogen-bond donors (Lipinski definition) is 0. The lowest BCUT2D eigenvalue weighted by atomic mass is 10.3. The normalized spacial score (nSPS) is 11.5. The third kappa shape index (κ3) is 1.74. The van der Waals surface area contributed by atoms with E-state index in [1.807, 2.05) is 18.7 Å². The second-order valence-corrected chi connectivity index (χ2v) is 5.31. The lowest BCUT2D eigenvalue weighted by Gasteiger charge is -2.06. The van der Waals surface area contributed by atoms with Crippen molar-refractivity contribution in [3.63, 3.8) is 0 Å². The molecule has 0 amide bonds. The molecule has 0 bridgehead atoms. The lowest BCUT2D eigenvalue weighted by Crippen LogP contribution is -2.07. The quantitative estimate of drug-likeness (QED) is 0.692. The molecule has 0 N–H and O–H groups in total. The minimum Gasteiger partial charge on any atom is -0.307 e. The largest absolute Gasteiger partial charge is 0.307 e. The van der Waals surface area contributed by atoms with Crippen LogP contribution < -0.4 is 0 Å². The molecule has 0 spiro atoms. The van der Waals surface area contributed by atoms with Gasteiger partial charge in [-0.05, 0) is 29.3 Å². The van der Waals surface area contributed by atoms with Gasteiger partial charge in [-0.3, -0.25) is 4.68 Å². The Bertz CT molecular complexity index is 681. The van der Waals surface area contributed by atoms with E-state index in [2.05, 4.69) is 31.5 Å². The average molecular weight is 281 g/mol. The van der Waals surface area contributed by atoms with Crippen molar-refractivity contribution in [2.24, 2.45) is 7.05 Å². The van der Waals surface area contributed by atoms with Crippen LogP contribution in [0.15, 0.2) is 16.8 Å². The molecule has 6 heteroatoms. The van der Waals surface area contributed by atoms with E-state index in [1.165, 1.54) is 5.56 Å². The molecule has 0 aliphatic rings. The Kier molecular flexibility index (Phi) is 2.87. The van der Waals surface area contributed by atoms with Crippen LogP contribution in [0.3, 0.4) is 0 Å². The summed E-state index contributed by atoms with van der Waals surface area (Å²) in [6.45, 7) is 2.77. The van der Waals surface area contributed by atoms with Gasteiger partial charge in [-0.2, -0.15) is 16.4 Å². The molecule has 3 heterocycles. The Morgan fingerprint density at radius 3 is 2.94 bits per heavy atom. The van der Waals surface area contributed by atoms with Gasteiger partial charge in [-0.1, -0.05) is 0 Å². The van der Waals surface area contributed by atoms with Crippen LogP contribution in [0.1, 0.15) is 17.1 Å². The molecule has 0 fully saturated rings. The number of aryl methyl sites for hydroxylation is 2. The summed E-state index contributed by atoms with van der Waals surface area (Å²) in [5.41, 5.74) is 4.20. The highest BCUT2D eigenvalue weighted by Crippen LogP contribution is 2.22. The maximum absolute atomic E-state index is 5.99. The van der Waals surface area contributed by atoms with Crippen molar-refractivity contribution in [2.45, 2.75) is 19.3 Å². The van der Waals surface area contributed by atoms with Crippen LogP contribution in [0.5, 0.6) is 0 Å². The fourth-order valence-electron chi connectivity index (χ4n) is 2.21. The van der Waals surface area contributed by atoms with Gasteiger partial charge in [0, 0.05) is 7.05 Å². The fourth-order valence-corrected chi connectivity index (χ4v) is 3.08. The molecule has 4 nitrogen and oxygen atoms in total. The van der Waals surface area contributed by atoms with Gasteiger partial charge in [-0.25, -0.2) is 4.98 Å². The number of rotatable bonds is 3. The van der Waals surface area contributed by atoms with E-state index in [0.29, 0.717) is 5.88 Å². The Morgan fingerprint density at radius 1 is 1.44 bits per heavy atom. The second kappa shape index (κ2) is 4.40. The van der Waals surface area contributed by atoms with E-state index in [1.54, 1.807) is 11.3 Å². The van der Waals surface area contributed by atoms with Crippen LogP contribution in [0.2, 0.25) is 0 Å². The van der Waals surface area contributed by atoms with Crippen LogP contribution in [0.25, 0.3) is 11.2 Å². The number of hydrogen-bond acceptors (Lipinski definition) is 3. The first kappa shape index (κ1) is 11.7. The summed E-state index contributed by atoms with van der Waals surface area (Å²) in [5, 5.41) is 8.64. The molecule has 0 aliphatic heterocycles. The van der Waals surface area contributed by atoms with E-state index in [9.17, 15) is 0 Å². The molecule has 0 aromatic carbocycles. The highest BCUT2D eigenvalue weighted by molar-refractivity contribution is 7.07. The Balaban J connectivity index is 2.18. The van der Waals surface area contributed by atoms with Gasteiger partial charge in [0.2, 0.25) is 0 Å². The molecular formula is C12H13ClN4S. The molecule has 0 unspecified atom stereocenters. The fraction of sp³-hybridized carbons (Fsp3) is 0.333. The van der Waals surface area contributed by atoms with Crippen LogP contribution in [0, 0.1) is 6.92 Å². The third-order valence-electron chi connectivity index (χ3n) is 3.01. The molecule has 0 radical (unpaired) electrons. The molecule has 3 rings (SSSR count). The van der Waals surface area contributed by atoms with E-state index < -0.39 is 0 Å². The van der Waals surface area contributed by atoms with Crippen molar-refractivity contribution < 1.29 is 0 Å². The lowest BCUT2D eigenvalue weighted by molar-refractivity contribution is 0.703. The molecule has 94 valence electrons. The van der Waals surface area contributed by atoms with Gasteiger partial charge in [0.1, 0.15) is 11.3 Å². The Morgan fingerprint density at radius 2 is 2.28 bits per heavy atom. The summed E-state index contributed by atoms with van der Waals surface area (Å²) >= 11 is 7.70. The van der Waals surface area contributed by atoms with Gasteiger partial charge in [0.15, 0.2) is 5.65 Å². The number of nitrogens with zero attached hydrogens (tertiary/aromatic N) is 4. The van der Waals surface area contributed by atoms with Crippen LogP contribution in [0.4, 0.5) is 0 Å². The second-order valence-electron chi connectivity index (χ2n) is 4.26. The standard InChI is InChI=1S/C12H13ClN4S/c1-8-11-12(16(2)15-8)17(10(5-13)14-11)6-9-3-4-18-7-9/h3-4,7H,5-6H2,1-2H3. The molecular weight excluding hydrogens is 268 g/mol.